The third-order valence-electron chi connectivity index (χ3n) is 4.23. The average molecular weight is 369 g/mol. The molecule has 0 fully saturated rings. The molecule has 1 aromatic carbocycles. The fraction of sp³-hybridized carbons (Fsp3) is 0.529. The first-order valence-electron chi connectivity index (χ1n) is 7.94. The maximum Gasteiger partial charge on any atom is 0.407 e. The van der Waals surface area contributed by atoms with Crippen LogP contribution in [0.3, 0.4) is 0 Å². The van der Waals surface area contributed by atoms with Crippen molar-refractivity contribution in [2.45, 2.75) is 45.4 Å². The van der Waals surface area contributed by atoms with Gasteiger partial charge in [0.2, 0.25) is 0 Å². The molecule has 0 saturated heterocycles. The van der Waals surface area contributed by atoms with Gasteiger partial charge in [-0.25, -0.2) is 9.36 Å². The van der Waals surface area contributed by atoms with Crippen LogP contribution in [0.5, 0.6) is 0 Å². The molecule has 0 aliphatic rings. The van der Waals surface area contributed by atoms with Crippen LogP contribution in [0.1, 0.15) is 32.8 Å². The second-order valence-corrected chi connectivity index (χ2v) is 6.09. The Morgan fingerprint density at radius 3 is 2.44 bits per heavy atom. The minimum absolute atomic E-state index is 0.116. The van der Waals surface area contributed by atoms with Crippen LogP contribution in [0.15, 0.2) is 30.3 Å². The molecule has 3 atom stereocenters. The molecule has 0 spiro atoms. The smallest absolute Gasteiger partial charge is 0.407 e. The van der Waals surface area contributed by atoms with Crippen molar-refractivity contribution in [1.82, 2.24) is 5.32 Å². The Bertz CT molecular complexity index is 582. The summed E-state index contributed by atoms with van der Waals surface area (Å²) in [5, 5.41) is 2.63. The van der Waals surface area contributed by atoms with E-state index in [-0.39, 0.29) is 6.61 Å². The highest BCUT2D eigenvalue weighted by atomic mass is 31.1. The lowest BCUT2D eigenvalue weighted by molar-refractivity contribution is -0.154. The molecule has 1 rings (SSSR count). The van der Waals surface area contributed by atoms with Gasteiger partial charge in [0.05, 0.1) is 19.1 Å². The molecule has 25 heavy (non-hydrogen) atoms. The summed E-state index contributed by atoms with van der Waals surface area (Å²) in [6, 6.07) is 8.59. The molecule has 0 aliphatic carbocycles. The van der Waals surface area contributed by atoms with Crippen molar-refractivity contribution in [3.05, 3.63) is 35.9 Å². The van der Waals surface area contributed by atoms with Gasteiger partial charge in [0, 0.05) is 0 Å². The summed E-state index contributed by atoms with van der Waals surface area (Å²) < 4.78 is 26.3. The first-order valence-corrected chi connectivity index (χ1v) is 8.67. The molecule has 3 unspecified atom stereocenters. The van der Waals surface area contributed by atoms with Gasteiger partial charge in [-0.1, -0.05) is 37.3 Å². The topological polar surface area (TPSA) is 90.9 Å². The number of amides is 1. The van der Waals surface area contributed by atoms with Crippen LogP contribution >= 0.6 is 8.69 Å². The predicted molar refractivity (Wildman–Crippen MR) is 92.1 cm³/mol. The fourth-order valence-corrected chi connectivity index (χ4v) is 3.00. The van der Waals surface area contributed by atoms with E-state index in [0.29, 0.717) is 6.42 Å². The van der Waals surface area contributed by atoms with Crippen molar-refractivity contribution in [1.29, 1.82) is 0 Å². The van der Waals surface area contributed by atoms with Gasteiger partial charge >= 0.3 is 20.7 Å². The van der Waals surface area contributed by atoms with E-state index >= 15 is 0 Å². The van der Waals surface area contributed by atoms with Crippen molar-refractivity contribution < 1.29 is 28.2 Å². The highest BCUT2D eigenvalue weighted by Gasteiger charge is 2.45. The Hall–Kier alpha value is -1.98. The van der Waals surface area contributed by atoms with Crippen LogP contribution in [-0.2, 0) is 30.0 Å². The monoisotopic (exact) mass is 369 g/mol. The van der Waals surface area contributed by atoms with Crippen LogP contribution in [0.2, 0.25) is 0 Å². The molecular formula is C17H24NO6P. The second-order valence-electron chi connectivity index (χ2n) is 5.76. The number of hydrogen-bond donors (Lipinski definition) is 1. The molecule has 138 valence electrons. The zero-order valence-electron chi connectivity index (χ0n) is 14.9. The van der Waals surface area contributed by atoms with Gasteiger partial charge in [-0.05, 0) is 25.8 Å². The lowest BCUT2D eigenvalue weighted by Crippen LogP contribution is -2.56. The normalized spacial score (nSPS) is 15.7. The Kier molecular flexibility index (Phi) is 8.52. The summed E-state index contributed by atoms with van der Waals surface area (Å²) >= 11 is 0. The summed E-state index contributed by atoms with van der Waals surface area (Å²) in [4.78, 5) is 24.1. The fourth-order valence-electron chi connectivity index (χ4n) is 2.56. The molecule has 0 heterocycles. The molecule has 0 saturated carbocycles. The molecule has 8 heteroatoms. The molecule has 1 amide bonds. The number of nitrogens with one attached hydrogen (secondary N) is 1. The summed E-state index contributed by atoms with van der Waals surface area (Å²) in [7, 11) is 0.677. The van der Waals surface area contributed by atoms with E-state index in [1.165, 1.54) is 7.11 Å². The van der Waals surface area contributed by atoms with Gasteiger partial charge in [0.15, 0.2) is 0 Å². The Labute approximate surface area is 149 Å². The third kappa shape index (κ3) is 5.80. The molecule has 1 aromatic rings. The molecule has 0 radical (unpaired) electrons. The SMILES string of the molecule is CCC(C(=O)OC)C(C)(OP=O)C(C)NC(=O)OCc1ccccc1. The van der Waals surface area contributed by atoms with Crippen LogP contribution < -0.4 is 5.32 Å². The van der Waals surface area contributed by atoms with Crippen molar-refractivity contribution in [2.75, 3.05) is 7.11 Å². The van der Waals surface area contributed by atoms with E-state index in [4.69, 9.17) is 14.0 Å². The number of esters is 1. The van der Waals surface area contributed by atoms with Crippen molar-refractivity contribution >= 4 is 20.7 Å². The molecule has 0 aromatic heterocycles. The standard InChI is InChI=1S/C17H24NO6P/c1-5-14(15(19)22-4)17(3,24-25-21)12(2)18-16(20)23-11-13-9-7-6-8-10-13/h6-10,12,14H,5,11H2,1-4H3,(H,18,20). The number of methoxy groups -OCH3 is 1. The second kappa shape index (κ2) is 10.1. The number of ether oxygens (including phenoxy) is 2. The van der Waals surface area contributed by atoms with E-state index in [1.54, 1.807) is 20.8 Å². The van der Waals surface area contributed by atoms with Gasteiger partial charge in [0.1, 0.15) is 12.2 Å². The number of hydrogen-bond acceptors (Lipinski definition) is 6. The zero-order chi connectivity index (χ0) is 18.9. The van der Waals surface area contributed by atoms with Crippen molar-refractivity contribution in [3.63, 3.8) is 0 Å². The summed E-state index contributed by atoms with van der Waals surface area (Å²) in [5.41, 5.74) is -0.375. The lowest BCUT2D eigenvalue weighted by atomic mass is 9.81. The van der Waals surface area contributed by atoms with Crippen LogP contribution in [0.25, 0.3) is 0 Å². The number of carbonyl (C=O) groups excluding carboxylic acids is 2. The van der Waals surface area contributed by atoms with Gasteiger partial charge in [-0.15, -0.1) is 0 Å². The molecule has 7 nitrogen and oxygen atoms in total. The summed E-state index contributed by atoms with van der Waals surface area (Å²) in [6.45, 7) is 5.15. The predicted octanol–water partition coefficient (Wildman–Crippen LogP) is 3.48. The zero-order valence-corrected chi connectivity index (χ0v) is 15.7. The Morgan fingerprint density at radius 2 is 1.92 bits per heavy atom. The molecular weight excluding hydrogens is 345 g/mol. The van der Waals surface area contributed by atoms with E-state index < -0.39 is 38.3 Å². The summed E-state index contributed by atoms with van der Waals surface area (Å²) in [5.74, 6) is -1.21. The lowest BCUT2D eigenvalue weighted by Gasteiger charge is -2.37. The van der Waals surface area contributed by atoms with Crippen LogP contribution in [-0.4, -0.2) is 30.8 Å². The number of benzene rings is 1. The maximum absolute atomic E-state index is 12.0. The first kappa shape index (κ1) is 21.1. The van der Waals surface area contributed by atoms with Gasteiger partial charge in [-0.3, -0.25) is 9.32 Å². The number of carbonyl (C=O) groups is 2. The minimum atomic E-state index is -1.23. The van der Waals surface area contributed by atoms with Crippen molar-refractivity contribution in [3.8, 4) is 0 Å². The maximum atomic E-state index is 12.0. The van der Waals surface area contributed by atoms with E-state index in [9.17, 15) is 14.2 Å². The highest BCUT2D eigenvalue weighted by molar-refractivity contribution is 7.17. The Balaban J connectivity index is 2.77. The first-order chi connectivity index (χ1) is 11.9. The quantitative estimate of drug-likeness (QED) is 0.529. The molecule has 0 aliphatic heterocycles. The summed E-state index contributed by atoms with van der Waals surface area (Å²) in [6.07, 6.45) is -0.266. The van der Waals surface area contributed by atoms with Gasteiger partial charge < -0.3 is 14.8 Å². The number of alkyl carbamates (subject to hydrolysis) is 1. The molecule has 0 bridgehead atoms. The molecule has 1 N–H and O–H groups in total. The third-order valence-corrected chi connectivity index (χ3v) is 4.69. The van der Waals surface area contributed by atoms with Crippen molar-refractivity contribution in [2.24, 2.45) is 5.92 Å². The van der Waals surface area contributed by atoms with E-state index in [1.807, 2.05) is 30.3 Å². The highest BCUT2D eigenvalue weighted by Crippen LogP contribution is 2.33. The van der Waals surface area contributed by atoms with Gasteiger partial charge in [0.25, 0.3) is 0 Å². The van der Waals surface area contributed by atoms with E-state index in [2.05, 4.69) is 5.32 Å². The number of rotatable bonds is 9. The van der Waals surface area contributed by atoms with Crippen LogP contribution in [0, 0.1) is 5.92 Å². The van der Waals surface area contributed by atoms with Gasteiger partial charge in [-0.2, -0.15) is 0 Å². The van der Waals surface area contributed by atoms with E-state index in [0.717, 1.165) is 5.56 Å². The Morgan fingerprint density at radius 1 is 1.28 bits per heavy atom. The average Bonchev–Trinajstić information content (AvgIpc) is 2.61. The van der Waals surface area contributed by atoms with Crippen LogP contribution in [0.4, 0.5) is 4.79 Å². The minimum Gasteiger partial charge on any atom is -0.469 e. The largest absolute Gasteiger partial charge is 0.469 e.